The van der Waals surface area contributed by atoms with E-state index in [1.165, 1.54) is 11.1 Å². The number of nitrogens with one attached hydrogen (secondary N) is 1. The van der Waals surface area contributed by atoms with Gasteiger partial charge in [-0.1, -0.05) is 38.1 Å². The van der Waals surface area contributed by atoms with Crippen LogP contribution >= 0.6 is 0 Å². The summed E-state index contributed by atoms with van der Waals surface area (Å²) in [7, 11) is 0. The molecule has 1 N–H and O–H groups in total. The quantitative estimate of drug-likeness (QED) is 0.811. The monoisotopic (exact) mass is 278 g/mol. The highest BCUT2D eigenvalue weighted by Crippen LogP contribution is 2.23. The van der Waals surface area contributed by atoms with Gasteiger partial charge in [0.25, 0.3) is 0 Å². The molecule has 108 valence electrons. The third kappa shape index (κ3) is 3.86. The highest BCUT2D eigenvalue weighted by Gasteiger charge is 2.06. The summed E-state index contributed by atoms with van der Waals surface area (Å²) >= 11 is 0. The van der Waals surface area contributed by atoms with Gasteiger partial charge in [0.15, 0.2) is 0 Å². The Hall–Kier alpha value is -2.27. The minimum atomic E-state index is 0.215. The molecule has 0 saturated heterocycles. The van der Waals surface area contributed by atoms with Crippen molar-refractivity contribution < 1.29 is 0 Å². The number of nitrogens with zero attached hydrogens (tertiary/aromatic N) is 1. The van der Waals surface area contributed by atoms with Crippen LogP contribution in [0.25, 0.3) is 0 Å². The van der Waals surface area contributed by atoms with Gasteiger partial charge in [-0.2, -0.15) is 5.26 Å². The predicted molar refractivity (Wildman–Crippen MR) is 88.3 cm³/mol. The summed E-state index contributed by atoms with van der Waals surface area (Å²) in [6, 6.07) is 18.8. The molecule has 21 heavy (non-hydrogen) atoms. The molecule has 2 atom stereocenters. The van der Waals surface area contributed by atoms with Crippen LogP contribution in [-0.4, -0.2) is 0 Å². The van der Waals surface area contributed by atoms with Gasteiger partial charge in [-0.25, -0.2) is 0 Å². The minimum absolute atomic E-state index is 0.215. The fraction of sp³-hybridized carbons (Fsp3) is 0.316. The average Bonchev–Trinajstić information content (AvgIpc) is 2.55. The van der Waals surface area contributed by atoms with Crippen molar-refractivity contribution in [2.24, 2.45) is 0 Å². The maximum Gasteiger partial charge on any atom is 0.0991 e. The van der Waals surface area contributed by atoms with E-state index >= 15 is 0 Å². The van der Waals surface area contributed by atoms with Crippen molar-refractivity contribution in [1.29, 1.82) is 5.26 Å². The van der Waals surface area contributed by atoms with Crippen LogP contribution in [-0.2, 0) is 0 Å². The van der Waals surface area contributed by atoms with Gasteiger partial charge in [-0.05, 0) is 54.7 Å². The summed E-state index contributed by atoms with van der Waals surface area (Å²) in [6.45, 7) is 6.59. The first-order valence-corrected chi connectivity index (χ1v) is 7.50. The number of benzene rings is 2. The first-order valence-electron chi connectivity index (χ1n) is 7.50. The normalized spacial score (nSPS) is 13.2. The van der Waals surface area contributed by atoms with Gasteiger partial charge in [0, 0.05) is 11.7 Å². The van der Waals surface area contributed by atoms with E-state index in [9.17, 15) is 0 Å². The lowest BCUT2D eigenvalue weighted by atomic mass is 9.98. The fourth-order valence-electron chi connectivity index (χ4n) is 2.32. The Balaban J connectivity index is 2.05. The van der Waals surface area contributed by atoms with Crippen molar-refractivity contribution in [2.45, 2.75) is 39.2 Å². The SMILES string of the molecule is CCC(C)c1ccc(NC(C)c2ccc(C#N)cc2)cc1. The Bertz CT molecular complexity index is 606. The van der Waals surface area contributed by atoms with Crippen LogP contribution in [0.5, 0.6) is 0 Å². The zero-order valence-corrected chi connectivity index (χ0v) is 12.9. The van der Waals surface area contributed by atoms with Crippen molar-refractivity contribution in [2.75, 3.05) is 5.32 Å². The average molecular weight is 278 g/mol. The molecule has 0 radical (unpaired) electrons. The van der Waals surface area contributed by atoms with Gasteiger partial charge < -0.3 is 5.32 Å². The summed E-state index contributed by atoms with van der Waals surface area (Å²) in [5, 5.41) is 12.3. The van der Waals surface area contributed by atoms with Crippen molar-refractivity contribution in [3.05, 3.63) is 65.2 Å². The molecular formula is C19H22N2. The van der Waals surface area contributed by atoms with Gasteiger partial charge >= 0.3 is 0 Å². The van der Waals surface area contributed by atoms with E-state index in [1.54, 1.807) is 0 Å². The zero-order chi connectivity index (χ0) is 15.2. The molecule has 0 aliphatic rings. The second kappa shape index (κ2) is 6.95. The molecule has 0 bridgehead atoms. The first kappa shape index (κ1) is 15.1. The van der Waals surface area contributed by atoms with Crippen LogP contribution in [0, 0.1) is 11.3 Å². The summed E-state index contributed by atoms with van der Waals surface area (Å²) in [4.78, 5) is 0. The van der Waals surface area contributed by atoms with Crippen LogP contribution < -0.4 is 5.32 Å². The number of anilines is 1. The Kier molecular flexibility index (Phi) is 5.00. The molecule has 2 aromatic rings. The maximum atomic E-state index is 8.83. The van der Waals surface area contributed by atoms with Gasteiger partial charge in [0.2, 0.25) is 0 Å². The molecule has 0 saturated carbocycles. The van der Waals surface area contributed by atoms with Crippen LogP contribution in [0.3, 0.4) is 0 Å². The molecule has 2 rings (SSSR count). The summed E-state index contributed by atoms with van der Waals surface area (Å²) in [6.07, 6.45) is 1.16. The van der Waals surface area contributed by atoms with E-state index < -0.39 is 0 Å². The van der Waals surface area contributed by atoms with E-state index in [0.29, 0.717) is 11.5 Å². The lowest BCUT2D eigenvalue weighted by Gasteiger charge is -2.17. The summed E-state index contributed by atoms with van der Waals surface area (Å²) in [5.74, 6) is 0.606. The van der Waals surface area contributed by atoms with Gasteiger partial charge in [-0.15, -0.1) is 0 Å². The van der Waals surface area contributed by atoms with Crippen molar-refractivity contribution in [3.63, 3.8) is 0 Å². The van der Waals surface area contributed by atoms with Crippen molar-refractivity contribution in [1.82, 2.24) is 0 Å². The Morgan fingerprint density at radius 2 is 1.52 bits per heavy atom. The van der Waals surface area contributed by atoms with E-state index in [1.807, 2.05) is 24.3 Å². The molecule has 0 amide bonds. The summed E-state index contributed by atoms with van der Waals surface area (Å²) in [5.41, 5.74) is 4.39. The van der Waals surface area contributed by atoms with Crippen LogP contribution in [0.2, 0.25) is 0 Å². The summed E-state index contributed by atoms with van der Waals surface area (Å²) < 4.78 is 0. The number of rotatable bonds is 5. The molecule has 0 aliphatic heterocycles. The van der Waals surface area contributed by atoms with E-state index in [2.05, 4.69) is 56.4 Å². The number of nitriles is 1. The van der Waals surface area contributed by atoms with Crippen LogP contribution in [0.15, 0.2) is 48.5 Å². The van der Waals surface area contributed by atoms with Gasteiger partial charge in [0.1, 0.15) is 0 Å². The second-order valence-corrected chi connectivity index (χ2v) is 5.53. The van der Waals surface area contributed by atoms with Crippen LogP contribution in [0.1, 0.15) is 55.8 Å². The molecule has 2 heteroatoms. The first-order chi connectivity index (χ1) is 10.1. The van der Waals surface area contributed by atoms with Crippen LogP contribution in [0.4, 0.5) is 5.69 Å². The molecule has 0 spiro atoms. The molecule has 2 unspecified atom stereocenters. The third-order valence-corrected chi connectivity index (χ3v) is 4.02. The molecule has 2 aromatic carbocycles. The van der Waals surface area contributed by atoms with E-state index in [0.717, 1.165) is 12.1 Å². The fourth-order valence-corrected chi connectivity index (χ4v) is 2.32. The molecule has 2 nitrogen and oxygen atoms in total. The van der Waals surface area contributed by atoms with Crippen molar-refractivity contribution >= 4 is 5.69 Å². The lowest BCUT2D eigenvalue weighted by Crippen LogP contribution is -2.06. The van der Waals surface area contributed by atoms with E-state index in [4.69, 9.17) is 5.26 Å². The maximum absolute atomic E-state index is 8.83. The minimum Gasteiger partial charge on any atom is -0.379 e. The van der Waals surface area contributed by atoms with Crippen molar-refractivity contribution in [3.8, 4) is 6.07 Å². The standard InChI is InChI=1S/C19H22N2/c1-4-14(2)17-9-11-19(12-10-17)21-15(3)18-7-5-16(13-20)6-8-18/h5-12,14-15,21H,4H2,1-3H3. The van der Waals surface area contributed by atoms with Gasteiger partial charge in [-0.3, -0.25) is 0 Å². The molecule has 0 heterocycles. The third-order valence-electron chi connectivity index (χ3n) is 4.02. The smallest absolute Gasteiger partial charge is 0.0991 e. The van der Waals surface area contributed by atoms with E-state index in [-0.39, 0.29) is 6.04 Å². The second-order valence-electron chi connectivity index (χ2n) is 5.53. The number of hydrogen-bond acceptors (Lipinski definition) is 2. The molecule has 0 aromatic heterocycles. The predicted octanol–water partition coefficient (Wildman–Crippen LogP) is 5.24. The molecule has 0 fully saturated rings. The Morgan fingerprint density at radius 1 is 0.952 bits per heavy atom. The van der Waals surface area contributed by atoms with Gasteiger partial charge in [0.05, 0.1) is 11.6 Å². The lowest BCUT2D eigenvalue weighted by molar-refractivity contribution is 0.733. The Morgan fingerprint density at radius 3 is 2.05 bits per heavy atom. The number of hydrogen-bond donors (Lipinski definition) is 1. The molecular weight excluding hydrogens is 256 g/mol. The Labute approximate surface area is 127 Å². The largest absolute Gasteiger partial charge is 0.379 e. The zero-order valence-electron chi connectivity index (χ0n) is 12.9. The highest BCUT2D eigenvalue weighted by molar-refractivity contribution is 5.47. The topological polar surface area (TPSA) is 35.8 Å². The highest BCUT2D eigenvalue weighted by atomic mass is 14.9. The molecule has 0 aliphatic carbocycles.